The summed E-state index contributed by atoms with van der Waals surface area (Å²) in [6.07, 6.45) is 6.44. The van der Waals surface area contributed by atoms with Crippen LogP contribution in [0.15, 0.2) is 30.4 Å². The van der Waals surface area contributed by atoms with Gasteiger partial charge < -0.3 is 25.2 Å². The molecule has 3 fully saturated rings. The molecule has 218 valence electrons. The molecule has 0 aromatic heterocycles. The van der Waals surface area contributed by atoms with E-state index in [0.717, 1.165) is 37.1 Å². The molecule has 4 aliphatic rings. The Morgan fingerprint density at radius 3 is 2.45 bits per heavy atom. The fraction of sp³-hybridized carbons (Fsp3) is 0.656. The molecular formula is C32H46N4O4. The number of likely N-dealkylation sites (N-methyl/N-ethyl adjacent to an activating group) is 1. The number of likely N-dealkylation sites (tertiary alicyclic amines) is 1. The van der Waals surface area contributed by atoms with Gasteiger partial charge in [-0.15, -0.1) is 0 Å². The van der Waals surface area contributed by atoms with Crippen LogP contribution in [0.3, 0.4) is 0 Å². The normalized spacial score (nSPS) is 34.4. The zero-order valence-corrected chi connectivity index (χ0v) is 24.9. The highest BCUT2D eigenvalue weighted by molar-refractivity contribution is 6.02. The van der Waals surface area contributed by atoms with Gasteiger partial charge in [0.25, 0.3) is 0 Å². The number of fused-ring (bicyclic) bond motifs is 1. The first-order valence-electron chi connectivity index (χ1n) is 15.2. The number of hydrogen-bond donors (Lipinski definition) is 2. The molecule has 0 radical (unpaired) electrons. The maximum atomic E-state index is 14.2. The third kappa shape index (κ3) is 4.98. The molecule has 1 aromatic carbocycles. The standard InChI is InChI=1S/C32H46N4O4/c1-7-35(8-2)14-15-36-28(30(38)34-24-11-9-10-21(5)22(24)6)32-13-12-25(40-32)26(27(32)31(36)39)29(37)33-23-17-19(3)16-20(4)18-23/h12-13,16-18,21-22,24-28H,7-11,14-15H2,1-6H3,(H,33,37)(H,34,38)/t21-,22+,24-,25+,26-,27+,28+,32+/m1/s1. The Bertz CT molecular complexity index is 1160. The highest BCUT2D eigenvalue weighted by Crippen LogP contribution is 2.55. The molecule has 0 unspecified atom stereocenters. The first-order chi connectivity index (χ1) is 19.1. The fourth-order valence-corrected chi connectivity index (χ4v) is 7.62. The van der Waals surface area contributed by atoms with Crippen molar-refractivity contribution >= 4 is 23.4 Å². The van der Waals surface area contributed by atoms with Crippen LogP contribution in [0.25, 0.3) is 0 Å². The third-order valence-corrected chi connectivity index (χ3v) is 10.0. The van der Waals surface area contributed by atoms with Crippen LogP contribution in [0.2, 0.25) is 0 Å². The van der Waals surface area contributed by atoms with Gasteiger partial charge in [-0.3, -0.25) is 14.4 Å². The molecule has 2 N–H and O–H groups in total. The van der Waals surface area contributed by atoms with Crippen LogP contribution in [0, 0.1) is 37.5 Å². The van der Waals surface area contributed by atoms with E-state index in [0.29, 0.717) is 30.6 Å². The number of carbonyl (C=O) groups is 3. The van der Waals surface area contributed by atoms with Crippen molar-refractivity contribution in [3.63, 3.8) is 0 Å². The van der Waals surface area contributed by atoms with E-state index in [1.807, 2.05) is 38.1 Å². The number of anilines is 1. The second-order valence-electron chi connectivity index (χ2n) is 12.5. The van der Waals surface area contributed by atoms with Crippen LogP contribution >= 0.6 is 0 Å². The molecule has 3 heterocycles. The first kappa shape index (κ1) is 28.8. The molecule has 3 amide bonds. The minimum atomic E-state index is -1.14. The van der Waals surface area contributed by atoms with E-state index in [2.05, 4.69) is 49.3 Å². The highest BCUT2D eigenvalue weighted by Gasteiger charge is 2.72. The lowest BCUT2D eigenvalue weighted by molar-refractivity contribution is -0.141. The van der Waals surface area contributed by atoms with Crippen molar-refractivity contribution in [3.05, 3.63) is 41.5 Å². The number of rotatable bonds is 9. The van der Waals surface area contributed by atoms with E-state index in [9.17, 15) is 14.4 Å². The lowest BCUT2D eigenvalue weighted by Crippen LogP contribution is -2.58. The first-order valence-corrected chi connectivity index (χ1v) is 15.2. The van der Waals surface area contributed by atoms with Gasteiger partial charge in [-0.25, -0.2) is 0 Å². The Balaban J connectivity index is 1.44. The lowest BCUT2D eigenvalue weighted by atomic mass is 9.73. The second kappa shape index (κ2) is 11.3. The molecule has 8 nitrogen and oxygen atoms in total. The van der Waals surface area contributed by atoms with E-state index in [4.69, 9.17) is 4.74 Å². The van der Waals surface area contributed by atoms with Crippen molar-refractivity contribution < 1.29 is 19.1 Å². The highest BCUT2D eigenvalue weighted by atomic mass is 16.5. The average molecular weight is 551 g/mol. The monoisotopic (exact) mass is 550 g/mol. The van der Waals surface area contributed by atoms with Gasteiger partial charge >= 0.3 is 0 Å². The van der Waals surface area contributed by atoms with Crippen LogP contribution in [0.5, 0.6) is 0 Å². The average Bonchev–Trinajstić information content (AvgIpc) is 3.54. The molecular weight excluding hydrogens is 504 g/mol. The Hall–Kier alpha value is -2.71. The minimum absolute atomic E-state index is 0.0673. The van der Waals surface area contributed by atoms with Gasteiger partial charge in [0.15, 0.2) is 0 Å². The minimum Gasteiger partial charge on any atom is -0.359 e. The fourth-order valence-electron chi connectivity index (χ4n) is 7.62. The molecule has 8 atom stereocenters. The largest absolute Gasteiger partial charge is 0.359 e. The summed E-state index contributed by atoms with van der Waals surface area (Å²) in [5, 5.41) is 6.38. The Kier molecular flexibility index (Phi) is 8.13. The Morgan fingerprint density at radius 1 is 1.07 bits per heavy atom. The van der Waals surface area contributed by atoms with Gasteiger partial charge in [0.2, 0.25) is 17.7 Å². The number of benzene rings is 1. The van der Waals surface area contributed by atoms with Gasteiger partial charge in [-0.05, 0) is 68.5 Å². The third-order valence-electron chi connectivity index (χ3n) is 10.0. The van der Waals surface area contributed by atoms with E-state index >= 15 is 0 Å². The Labute approximate surface area is 238 Å². The van der Waals surface area contributed by atoms with Crippen molar-refractivity contribution in [3.8, 4) is 0 Å². The van der Waals surface area contributed by atoms with Crippen molar-refractivity contribution in [1.29, 1.82) is 0 Å². The molecule has 40 heavy (non-hydrogen) atoms. The zero-order valence-electron chi connectivity index (χ0n) is 24.9. The molecule has 1 aromatic rings. The Morgan fingerprint density at radius 2 is 1.77 bits per heavy atom. The van der Waals surface area contributed by atoms with Crippen molar-refractivity contribution in [1.82, 2.24) is 15.1 Å². The van der Waals surface area contributed by atoms with E-state index < -0.39 is 29.6 Å². The van der Waals surface area contributed by atoms with Gasteiger partial charge in [0.1, 0.15) is 11.6 Å². The summed E-state index contributed by atoms with van der Waals surface area (Å²) in [6, 6.07) is 5.18. The number of nitrogens with one attached hydrogen (secondary N) is 2. The summed E-state index contributed by atoms with van der Waals surface area (Å²) < 4.78 is 6.52. The number of nitrogens with zero attached hydrogens (tertiary/aromatic N) is 2. The van der Waals surface area contributed by atoms with Crippen LogP contribution < -0.4 is 10.6 Å². The molecule has 5 rings (SSSR count). The molecule has 2 saturated heterocycles. The van der Waals surface area contributed by atoms with Gasteiger partial charge in [0, 0.05) is 24.8 Å². The second-order valence-corrected chi connectivity index (χ2v) is 12.5. The molecule has 1 spiro atoms. The van der Waals surface area contributed by atoms with Gasteiger partial charge in [0.05, 0.1) is 17.9 Å². The molecule has 1 saturated carbocycles. The molecule has 1 aliphatic carbocycles. The van der Waals surface area contributed by atoms with E-state index in [1.54, 1.807) is 4.90 Å². The molecule has 8 heteroatoms. The number of hydrogen-bond acceptors (Lipinski definition) is 5. The van der Waals surface area contributed by atoms with Crippen molar-refractivity contribution in [2.24, 2.45) is 23.7 Å². The van der Waals surface area contributed by atoms with E-state index in [-0.39, 0.29) is 23.8 Å². The maximum Gasteiger partial charge on any atom is 0.246 e. The predicted octanol–water partition coefficient (Wildman–Crippen LogP) is 3.68. The van der Waals surface area contributed by atoms with Crippen LogP contribution in [-0.4, -0.2) is 77.5 Å². The summed E-state index contributed by atoms with van der Waals surface area (Å²) in [4.78, 5) is 46.0. The maximum absolute atomic E-state index is 14.2. The lowest BCUT2D eigenvalue weighted by Gasteiger charge is -2.38. The summed E-state index contributed by atoms with van der Waals surface area (Å²) in [7, 11) is 0. The molecule has 3 aliphatic heterocycles. The topological polar surface area (TPSA) is 91.0 Å². The SMILES string of the molecule is CCN(CC)CCN1C(=O)[C@@H]2[C@H](C(=O)Nc3cc(C)cc(C)c3)[C@@H]3C=C[C@@]2(O3)[C@@H]1C(=O)N[C@@H]1CCC[C@@H](C)[C@@H]1C. The number of aryl methyl sites for hydroxylation is 2. The zero-order chi connectivity index (χ0) is 28.8. The molecule has 2 bridgehead atoms. The number of amides is 3. The van der Waals surface area contributed by atoms with E-state index in [1.165, 1.54) is 6.42 Å². The van der Waals surface area contributed by atoms with Crippen LogP contribution in [-0.2, 0) is 19.1 Å². The summed E-state index contributed by atoms with van der Waals surface area (Å²) in [6.45, 7) is 15.4. The number of ether oxygens (including phenoxy) is 1. The van der Waals surface area contributed by atoms with Crippen LogP contribution in [0.1, 0.15) is 58.1 Å². The van der Waals surface area contributed by atoms with Crippen LogP contribution in [0.4, 0.5) is 5.69 Å². The van der Waals surface area contributed by atoms with Gasteiger partial charge in [-0.2, -0.15) is 0 Å². The van der Waals surface area contributed by atoms with Crippen molar-refractivity contribution in [2.45, 2.75) is 84.6 Å². The quantitative estimate of drug-likeness (QED) is 0.458. The number of carbonyl (C=O) groups excluding carboxylic acids is 3. The predicted molar refractivity (Wildman–Crippen MR) is 156 cm³/mol. The summed E-state index contributed by atoms with van der Waals surface area (Å²) >= 11 is 0. The smallest absolute Gasteiger partial charge is 0.246 e. The summed E-state index contributed by atoms with van der Waals surface area (Å²) in [5.74, 6) is -1.10. The van der Waals surface area contributed by atoms with Gasteiger partial charge in [-0.1, -0.05) is 58.8 Å². The summed E-state index contributed by atoms with van der Waals surface area (Å²) in [5.41, 5.74) is 1.68. The van der Waals surface area contributed by atoms with Crippen molar-refractivity contribution in [2.75, 3.05) is 31.5 Å².